The first-order valence-corrected chi connectivity index (χ1v) is 7.32. The molecule has 0 aliphatic rings. The maximum absolute atomic E-state index is 12.4. The number of ether oxygens (including phenoxy) is 2. The smallest absolute Gasteiger partial charge is 0.340 e. The molecule has 10 nitrogen and oxygen atoms in total. The summed E-state index contributed by atoms with van der Waals surface area (Å²) in [6.07, 6.45) is -1.83. The fourth-order valence-corrected chi connectivity index (χ4v) is 2.64. The van der Waals surface area contributed by atoms with Crippen LogP contribution >= 0.6 is 0 Å². The molecular weight excluding hydrogens is 348 g/mol. The Morgan fingerprint density at radius 2 is 1.73 bits per heavy atom. The highest BCUT2D eigenvalue weighted by atomic mass is 16.5. The highest BCUT2D eigenvalue weighted by molar-refractivity contribution is 5.94. The van der Waals surface area contributed by atoms with Gasteiger partial charge in [-0.3, -0.25) is 13.9 Å². The lowest BCUT2D eigenvalue weighted by molar-refractivity contribution is 0.0686. The van der Waals surface area contributed by atoms with Crippen molar-refractivity contribution in [3.63, 3.8) is 0 Å². The van der Waals surface area contributed by atoms with Gasteiger partial charge in [-0.1, -0.05) is 6.07 Å². The van der Waals surface area contributed by atoms with Crippen LogP contribution in [-0.4, -0.2) is 44.6 Å². The predicted octanol–water partition coefficient (Wildman–Crippen LogP) is -0.413. The summed E-state index contributed by atoms with van der Waals surface area (Å²) in [5, 5.41) is 30.4. The zero-order valence-electron chi connectivity index (χ0n) is 14.5. The number of benzene rings is 1. The second kappa shape index (κ2) is 6.92. The monoisotopic (exact) mass is 366 g/mol. The summed E-state index contributed by atoms with van der Waals surface area (Å²) in [5.74, 6) is -2.25. The molecule has 0 saturated carbocycles. The number of hydrogen-bond acceptors (Lipinski definition) is 7. The van der Waals surface area contributed by atoms with E-state index in [4.69, 9.17) is 9.47 Å². The summed E-state index contributed by atoms with van der Waals surface area (Å²) in [7, 11) is 4.92. The predicted molar refractivity (Wildman–Crippen MR) is 89.2 cm³/mol. The number of aromatic nitrogens is 2. The topological polar surface area (TPSA) is 140 Å². The van der Waals surface area contributed by atoms with Gasteiger partial charge in [0.1, 0.15) is 17.2 Å². The average molecular weight is 366 g/mol. The van der Waals surface area contributed by atoms with Gasteiger partial charge in [0, 0.05) is 19.7 Å². The van der Waals surface area contributed by atoms with Crippen LogP contribution in [-0.2, 0) is 14.1 Å². The summed E-state index contributed by atoms with van der Waals surface area (Å²) in [4.78, 5) is 35.9. The first-order valence-electron chi connectivity index (χ1n) is 7.32. The van der Waals surface area contributed by atoms with E-state index in [1.54, 1.807) is 0 Å². The van der Waals surface area contributed by atoms with Crippen molar-refractivity contribution in [2.24, 2.45) is 14.1 Å². The Labute approximate surface area is 147 Å². The van der Waals surface area contributed by atoms with E-state index < -0.39 is 40.3 Å². The molecule has 1 aromatic heterocycles. The first kappa shape index (κ1) is 19.1. The third-order valence-corrected chi connectivity index (χ3v) is 4.03. The number of carbonyl (C=O) groups is 1. The molecule has 0 spiro atoms. The molecule has 2 rings (SSSR count). The summed E-state index contributed by atoms with van der Waals surface area (Å²) in [6.45, 7) is 0. The molecule has 1 unspecified atom stereocenters. The third-order valence-electron chi connectivity index (χ3n) is 4.03. The Kier molecular flexibility index (Phi) is 5.07. The van der Waals surface area contributed by atoms with E-state index in [0.29, 0.717) is 4.57 Å². The molecule has 0 aliphatic carbocycles. The van der Waals surface area contributed by atoms with Crippen molar-refractivity contribution in [3.05, 3.63) is 49.7 Å². The zero-order valence-corrected chi connectivity index (χ0v) is 14.5. The van der Waals surface area contributed by atoms with Gasteiger partial charge < -0.3 is 24.8 Å². The lowest BCUT2D eigenvalue weighted by atomic mass is 9.96. The summed E-state index contributed by atoms with van der Waals surface area (Å²) in [5.41, 5.74) is -2.93. The van der Waals surface area contributed by atoms with E-state index in [1.165, 1.54) is 40.4 Å². The van der Waals surface area contributed by atoms with Crippen LogP contribution in [0.15, 0.2) is 21.7 Å². The Morgan fingerprint density at radius 3 is 2.23 bits per heavy atom. The highest BCUT2D eigenvalue weighted by Gasteiger charge is 2.30. The van der Waals surface area contributed by atoms with Gasteiger partial charge in [-0.2, -0.15) is 0 Å². The van der Waals surface area contributed by atoms with Crippen molar-refractivity contribution in [2.75, 3.05) is 14.2 Å². The van der Waals surface area contributed by atoms with Gasteiger partial charge in [-0.05, 0) is 6.07 Å². The van der Waals surface area contributed by atoms with E-state index >= 15 is 0 Å². The van der Waals surface area contributed by atoms with E-state index in [0.717, 1.165) is 4.57 Å². The first-order chi connectivity index (χ1) is 12.2. The summed E-state index contributed by atoms with van der Waals surface area (Å²) in [6, 6.07) is 2.59. The molecule has 0 bridgehead atoms. The van der Waals surface area contributed by atoms with Crippen molar-refractivity contribution < 1.29 is 29.6 Å². The van der Waals surface area contributed by atoms with Crippen LogP contribution in [0.2, 0.25) is 0 Å². The molecule has 1 atom stereocenters. The van der Waals surface area contributed by atoms with Gasteiger partial charge in [0.05, 0.1) is 14.2 Å². The standard InChI is InChI=1S/C16H18N2O8/c1-17-13(20)10(14(21)18(2)16(17)24)11(19)7-5-6-8(25-3)12(26-4)9(7)15(22)23/h5-6,11,19-20H,1-4H3,(H,22,23). The molecular formula is C16H18N2O8. The molecule has 0 saturated heterocycles. The van der Waals surface area contributed by atoms with E-state index in [2.05, 4.69) is 0 Å². The Hall–Kier alpha value is -3.27. The molecule has 26 heavy (non-hydrogen) atoms. The van der Waals surface area contributed by atoms with Crippen LogP contribution in [0.25, 0.3) is 0 Å². The van der Waals surface area contributed by atoms with E-state index in [-0.39, 0.29) is 17.1 Å². The quantitative estimate of drug-likeness (QED) is 0.648. The molecule has 140 valence electrons. The molecule has 1 aromatic carbocycles. The molecule has 1 heterocycles. The van der Waals surface area contributed by atoms with Gasteiger partial charge in [0.25, 0.3) is 5.56 Å². The van der Waals surface area contributed by atoms with Crippen molar-refractivity contribution >= 4 is 5.97 Å². The van der Waals surface area contributed by atoms with Gasteiger partial charge >= 0.3 is 11.7 Å². The largest absolute Gasteiger partial charge is 0.494 e. The van der Waals surface area contributed by atoms with Crippen molar-refractivity contribution in [2.45, 2.75) is 6.10 Å². The number of carboxylic acids is 1. The summed E-state index contributed by atoms with van der Waals surface area (Å²) < 4.78 is 11.6. The van der Waals surface area contributed by atoms with Crippen LogP contribution in [0.5, 0.6) is 17.4 Å². The Bertz CT molecular complexity index is 989. The molecule has 0 radical (unpaired) electrons. The van der Waals surface area contributed by atoms with Gasteiger partial charge in [0.2, 0.25) is 5.88 Å². The number of nitrogens with zero attached hydrogens (tertiary/aromatic N) is 2. The number of methoxy groups -OCH3 is 2. The molecule has 10 heteroatoms. The zero-order chi connectivity index (χ0) is 19.8. The minimum atomic E-state index is -1.83. The molecule has 3 N–H and O–H groups in total. The molecule has 0 fully saturated rings. The SMILES string of the molecule is COc1ccc(C(O)c2c(O)n(C)c(=O)n(C)c2=O)c(C(=O)O)c1OC. The van der Waals surface area contributed by atoms with Crippen molar-refractivity contribution in [3.8, 4) is 17.4 Å². The van der Waals surface area contributed by atoms with E-state index in [9.17, 15) is 29.7 Å². The second-order valence-electron chi connectivity index (χ2n) is 5.42. The maximum Gasteiger partial charge on any atom is 0.340 e. The number of hydrogen-bond donors (Lipinski definition) is 3. The third kappa shape index (κ3) is 2.80. The van der Waals surface area contributed by atoms with Crippen molar-refractivity contribution in [1.82, 2.24) is 9.13 Å². The van der Waals surface area contributed by atoms with Gasteiger partial charge in [-0.15, -0.1) is 0 Å². The minimum absolute atomic E-state index is 0.110. The van der Waals surface area contributed by atoms with Crippen molar-refractivity contribution in [1.29, 1.82) is 0 Å². The molecule has 0 amide bonds. The van der Waals surface area contributed by atoms with Crippen LogP contribution in [0.1, 0.15) is 27.6 Å². The van der Waals surface area contributed by atoms with Gasteiger partial charge in [0.15, 0.2) is 11.5 Å². The van der Waals surface area contributed by atoms with Crippen LogP contribution in [0.4, 0.5) is 0 Å². The Morgan fingerprint density at radius 1 is 1.12 bits per heavy atom. The number of rotatable bonds is 5. The fraction of sp³-hybridized carbons (Fsp3) is 0.312. The number of aromatic carboxylic acids is 1. The van der Waals surface area contributed by atoms with Crippen LogP contribution in [0, 0.1) is 0 Å². The average Bonchev–Trinajstić information content (AvgIpc) is 2.63. The number of carboxylic acid groups (broad SMARTS) is 1. The minimum Gasteiger partial charge on any atom is -0.494 e. The number of aliphatic hydroxyl groups is 1. The maximum atomic E-state index is 12.4. The number of aromatic hydroxyl groups is 1. The van der Waals surface area contributed by atoms with Crippen LogP contribution < -0.4 is 20.7 Å². The molecule has 2 aromatic rings. The lowest BCUT2D eigenvalue weighted by Crippen LogP contribution is -2.39. The summed E-state index contributed by atoms with van der Waals surface area (Å²) >= 11 is 0. The van der Waals surface area contributed by atoms with Gasteiger partial charge in [-0.25, -0.2) is 9.59 Å². The number of aliphatic hydroxyl groups excluding tert-OH is 1. The van der Waals surface area contributed by atoms with E-state index in [1.807, 2.05) is 0 Å². The lowest BCUT2D eigenvalue weighted by Gasteiger charge is -2.19. The fourth-order valence-electron chi connectivity index (χ4n) is 2.64. The van der Waals surface area contributed by atoms with Crippen LogP contribution in [0.3, 0.4) is 0 Å². The normalized spacial score (nSPS) is 11.9. The highest BCUT2D eigenvalue weighted by Crippen LogP contribution is 2.38. The molecule has 0 aliphatic heterocycles. The Balaban J connectivity index is 2.85. The second-order valence-corrected chi connectivity index (χ2v) is 5.42.